The van der Waals surface area contributed by atoms with E-state index in [1.54, 1.807) is 25.1 Å². The molecule has 2 aromatic rings. The fraction of sp³-hybridized carbons (Fsp3) is 0.273. The minimum Gasteiger partial charge on any atom is -0.366 e. The average Bonchev–Trinajstić information content (AvgIpc) is 2.99. The normalized spacial score (nSPS) is 17.1. The van der Waals surface area contributed by atoms with Crippen LogP contribution in [-0.2, 0) is 9.59 Å². The van der Waals surface area contributed by atoms with E-state index in [2.05, 4.69) is 0 Å². The van der Waals surface area contributed by atoms with Gasteiger partial charge in [-0.2, -0.15) is 0 Å². The highest BCUT2D eigenvalue weighted by Crippen LogP contribution is 2.37. The molecule has 0 N–H and O–H groups in total. The first-order valence-electron chi connectivity index (χ1n) is 9.77. The van der Waals surface area contributed by atoms with E-state index < -0.39 is 10.8 Å². The van der Waals surface area contributed by atoms with E-state index in [1.165, 1.54) is 29.2 Å². The number of nitrogens with zero attached hydrogens (tertiary/aromatic N) is 3. The summed E-state index contributed by atoms with van der Waals surface area (Å²) in [5, 5.41) is 11.5. The first-order chi connectivity index (χ1) is 14.4. The minimum absolute atomic E-state index is 0.0685. The molecule has 0 saturated carbocycles. The third-order valence-corrected chi connectivity index (χ3v) is 5.73. The molecule has 0 unspecified atom stereocenters. The van der Waals surface area contributed by atoms with E-state index in [0.29, 0.717) is 40.6 Å². The van der Waals surface area contributed by atoms with Gasteiger partial charge >= 0.3 is 0 Å². The third-order valence-electron chi connectivity index (χ3n) is 5.50. The Morgan fingerprint density at radius 2 is 1.63 bits per heavy atom. The van der Waals surface area contributed by atoms with Crippen LogP contribution in [0.1, 0.15) is 30.4 Å². The van der Waals surface area contributed by atoms with Gasteiger partial charge in [0.05, 0.1) is 16.2 Å². The van der Waals surface area contributed by atoms with Crippen LogP contribution in [0.4, 0.5) is 11.4 Å². The topological polar surface area (TPSA) is 83.8 Å². The summed E-state index contributed by atoms with van der Waals surface area (Å²) < 4.78 is 0. The van der Waals surface area contributed by atoms with Crippen LogP contribution in [0, 0.1) is 17.0 Å². The van der Waals surface area contributed by atoms with Crippen molar-refractivity contribution in [3.63, 3.8) is 0 Å². The van der Waals surface area contributed by atoms with Gasteiger partial charge in [0.25, 0.3) is 17.5 Å². The Morgan fingerprint density at radius 3 is 2.23 bits per heavy atom. The Morgan fingerprint density at radius 1 is 0.967 bits per heavy atom. The average molecular weight is 426 g/mol. The molecule has 2 heterocycles. The molecular weight excluding hydrogens is 406 g/mol. The third kappa shape index (κ3) is 3.45. The number of halogens is 1. The largest absolute Gasteiger partial charge is 0.366 e. The minimum atomic E-state index is -0.491. The fourth-order valence-electron chi connectivity index (χ4n) is 4.03. The number of nitro benzene ring substituents is 1. The van der Waals surface area contributed by atoms with Gasteiger partial charge in [0, 0.05) is 30.2 Å². The molecule has 154 valence electrons. The maximum absolute atomic E-state index is 13.5. The van der Waals surface area contributed by atoms with Crippen LogP contribution >= 0.6 is 11.6 Å². The number of aryl methyl sites for hydroxylation is 1. The summed E-state index contributed by atoms with van der Waals surface area (Å²) in [5.74, 6) is -0.805. The number of benzene rings is 2. The number of amides is 2. The zero-order chi connectivity index (χ0) is 21.4. The van der Waals surface area contributed by atoms with Gasteiger partial charge in [-0.3, -0.25) is 19.7 Å². The Labute approximate surface area is 178 Å². The number of nitro groups is 1. The summed E-state index contributed by atoms with van der Waals surface area (Å²) in [6.07, 6.45) is 2.97. The Balaban J connectivity index is 1.83. The smallest absolute Gasteiger partial charge is 0.282 e. The van der Waals surface area contributed by atoms with Crippen LogP contribution in [0.2, 0.25) is 5.02 Å². The lowest BCUT2D eigenvalue weighted by atomic mass is 10.0. The lowest BCUT2D eigenvalue weighted by Gasteiger charge is -2.29. The monoisotopic (exact) mass is 425 g/mol. The van der Waals surface area contributed by atoms with Gasteiger partial charge in [-0.1, -0.05) is 11.6 Å². The van der Waals surface area contributed by atoms with E-state index in [4.69, 9.17) is 11.6 Å². The number of rotatable bonds is 4. The predicted octanol–water partition coefficient (Wildman–Crippen LogP) is 4.33. The summed E-state index contributed by atoms with van der Waals surface area (Å²) in [7, 11) is 0. The number of carbonyl (C=O) groups is 2. The van der Waals surface area contributed by atoms with Gasteiger partial charge < -0.3 is 4.90 Å². The van der Waals surface area contributed by atoms with Crippen molar-refractivity contribution in [3.05, 3.63) is 74.4 Å². The van der Waals surface area contributed by atoms with Gasteiger partial charge in [-0.05, 0) is 67.6 Å². The molecule has 2 amide bonds. The van der Waals surface area contributed by atoms with Gasteiger partial charge in [-0.25, -0.2) is 4.90 Å². The molecule has 2 aromatic carbocycles. The van der Waals surface area contributed by atoms with Crippen LogP contribution in [0.25, 0.3) is 5.57 Å². The SMILES string of the molecule is Cc1cc(Cl)ccc1N1C(=O)C(c2ccc([N+](=O)[O-])cc2)=C(N2CCCCC2)C1=O. The molecule has 7 nitrogen and oxygen atoms in total. The van der Waals surface area contributed by atoms with Crippen molar-refractivity contribution in [1.29, 1.82) is 0 Å². The van der Waals surface area contributed by atoms with E-state index in [0.717, 1.165) is 19.3 Å². The summed E-state index contributed by atoms with van der Waals surface area (Å²) in [6.45, 7) is 3.18. The Kier molecular flexibility index (Phi) is 5.30. The number of likely N-dealkylation sites (tertiary alicyclic amines) is 1. The first kappa shape index (κ1) is 20.1. The number of imide groups is 1. The number of anilines is 1. The van der Waals surface area contributed by atoms with E-state index in [9.17, 15) is 19.7 Å². The summed E-state index contributed by atoms with van der Waals surface area (Å²) >= 11 is 6.05. The van der Waals surface area contributed by atoms with Gasteiger partial charge in [0.2, 0.25) is 0 Å². The maximum atomic E-state index is 13.5. The zero-order valence-corrected chi connectivity index (χ0v) is 17.2. The quantitative estimate of drug-likeness (QED) is 0.413. The fourth-order valence-corrected chi connectivity index (χ4v) is 4.25. The zero-order valence-electron chi connectivity index (χ0n) is 16.4. The second-order valence-corrected chi connectivity index (χ2v) is 7.89. The van der Waals surface area contributed by atoms with Crippen molar-refractivity contribution in [2.75, 3.05) is 18.0 Å². The van der Waals surface area contributed by atoms with Crippen molar-refractivity contribution < 1.29 is 14.5 Å². The predicted molar refractivity (Wildman–Crippen MR) is 114 cm³/mol. The number of piperidine rings is 1. The van der Waals surface area contributed by atoms with Crippen LogP contribution in [0.3, 0.4) is 0 Å². The highest BCUT2D eigenvalue weighted by molar-refractivity contribution is 6.45. The number of non-ortho nitro benzene ring substituents is 1. The number of hydrogen-bond acceptors (Lipinski definition) is 5. The highest BCUT2D eigenvalue weighted by Gasteiger charge is 2.43. The van der Waals surface area contributed by atoms with Crippen LogP contribution < -0.4 is 4.90 Å². The van der Waals surface area contributed by atoms with Gasteiger partial charge in [0.1, 0.15) is 5.70 Å². The van der Waals surface area contributed by atoms with E-state index in [1.807, 2.05) is 4.90 Å². The van der Waals surface area contributed by atoms with E-state index in [-0.39, 0.29) is 17.2 Å². The molecule has 0 aromatic heterocycles. The summed E-state index contributed by atoms with van der Waals surface area (Å²) in [5.41, 5.74) is 2.27. The molecule has 2 aliphatic heterocycles. The molecule has 0 spiro atoms. The van der Waals surface area contributed by atoms with Crippen LogP contribution in [0.5, 0.6) is 0 Å². The molecule has 8 heteroatoms. The summed E-state index contributed by atoms with van der Waals surface area (Å²) in [6, 6.07) is 10.8. The molecule has 30 heavy (non-hydrogen) atoms. The Hall–Kier alpha value is -3.19. The maximum Gasteiger partial charge on any atom is 0.282 e. The molecule has 1 fully saturated rings. The molecule has 0 bridgehead atoms. The molecule has 2 aliphatic rings. The Bertz CT molecular complexity index is 1070. The van der Waals surface area contributed by atoms with Crippen LogP contribution in [0.15, 0.2) is 48.2 Å². The van der Waals surface area contributed by atoms with Crippen molar-refractivity contribution in [2.45, 2.75) is 26.2 Å². The molecule has 0 radical (unpaired) electrons. The van der Waals surface area contributed by atoms with Gasteiger partial charge in [-0.15, -0.1) is 0 Å². The first-order valence-corrected chi connectivity index (χ1v) is 10.2. The van der Waals surface area contributed by atoms with Crippen molar-refractivity contribution in [1.82, 2.24) is 4.90 Å². The molecule has 4 rings (SSSR count). The lowest BCUT2D eigenvalue weighted by Crippen LogP contribution is -2.37. The van der Waals surface area contributed by atoms with E-state index >= 15 is 0 Å². The van der Waals surface area contributed by atoms with Crippen molar-refractivity contribution >= 4 is 40.4 Å². The lowest BCUT2D eigenvalue weighted by molar-refractivity contribution is -0.384. The molecule has 0 atom stereocenters. The summed E-state index contributed by atoms with van der Waals surface area (Å²) in [4.78, 5) is 40.6. The highest BCUT2D eigenvalue weighted by atomic mass is 35.5. The van der Waals surface area contributed by atoms with Crippen molar-refractivity contribution in [3.8, 4) is 0 Å². The van der Waals surface area contributed by atoms with Crippen LogP contribution in [-0.4, -0.2) is 34.7 Å². The second-order valence-electron chi connectivity index (χ2n) is 7.45. The number of carbonyl (C=O) groups excluding carboxylic acids is 2. The van der Waals surface area contributed by atoms with Gasteiger partial charge in [0.15, 0.2) is 0 Å². The second kappa shape index (κ2) is 7.91. The molecule has 0 aliphatic carbocycles. The standard InChI is InChI=1S/C22H20ClN3O4/c1-14-13-16(23)7-10-18(14)25-21(27)19(15-5-8-17(9-6-15)26(29)30)20(22(25)28)24-11-3-2-4-12-24/h5-10,13H,2-4,11-12H2,1H3. The van der Waals surface area contributed by atoms with Crippen molar-refractivity contribution in [2.24, 2.45) is 0 Å². The number of hydrogen-bond donors (Lipinski definition) is 0. The molecule has 1 saturated heterocycles. The molecular formula is C22H20ClN3O4.